The van der Waals surface area contributed by atoms with Gasteiger partial charge < -0.3 is 39.0 Å². The second-order valence-electron chi connectivity index (χ2n) is 14.5. The van der Waals surface area contributed by atoms with Crippen LogP contribution < -0.4 is 0 Å². The summed E-state index contributed by atoms with van der Waals surface area (Å²) in [5.74, 6) is -0.234. The van der Waals surface area contributed by atoms with Gasteiger partial charge in [0.2, 0.25) is 0 Å². The maximum absolute atomic E-state index is 12.7. The standard InChI is InChI=1S/C32H48O10/c1-16-26(35)28(38-5)27(36)29(40-16)42-20-8-10-30(3)19(13-20)6-7-22-21(30)9-11-31(4)25(18-12-24(34)39-15-18)23(41-17(2)33)14-32(22,31)37/h12,16,19-23,25-29,35-37H,6-11,13-15H2,1-5H3/t16-,19?,20+,21+,22-,23+,25+,26+,27-,28+,29+,30+,31-,32+/m1/s1. The van der Waals surface area contributed by atoms with Crippen LogP contribution in [0.2, 0.25) is 0 Å². The van der Waals surface area contributed by atoms with Crippen LogP contribution in [0.1, 0.15) is 79.1 Å². The van der Waals surface area contributed by atoms with E-state index in [4.69, 9.17) is 23.7 Å². The predicted molar refractivity (Wildman–Crippen MR) is 149 cm³/mol. The molecule has 1 saturated heterocycles. The molecule has 0 bridgehead atoms. The number of hydrogen-bond donors (Lipinski definition) is 3. The van der Waals surface area contributed by atoms with Crippen molar-refractivity contribution in [2.24, 2.45) is 34.5 Å². The first-order valence-electron chi connectivity index (χ1n) is 15.8. The number of hydrogen-bond acceptors (Lipinski definition) is 10. The summed E-state index contributed by atoms with van der Waals surface area (Å²) >= 11 is 0. The van der Waals surface area contributed by atoms with Gasteiger partial charge in [-0.05, 0) is 80.6 Å². The second kappa shape index (κ2) is 10.8. The molecule has 14 atom stereocenters. The average molecular weight is 593 g/mol. The van der Waals surface area contributed by atoms with E-state index in [1.807, 2.05) is 0 Å². The Hall–Kier alpha value is -1.56. The minimum Gasteiger partial charge on any atom is -0.462 e. The molecule has 4 aliphatic carbocycles. The van der Waals surface area contributed by atoms with Gasteiger partial charge in [-0.1, -0.05) is 13.8 Å². The van der Waals surface area contributed by atoms with E-state index in [2.05, 4.69) is 13.8 Å². The largest absolute Gasteiger partial charge is 0.462 e. The summed E-state index contributed by atoms with van der Waals surface area (Å²) < 4.78 is 28.7. The zero-order valence-electron chi connectivity index (χ0n) is 25.5. The van der Waals surface area contributed by atoms with Crippen molar-refractivity contribution in [3.8, 4) is 0 Å². The number of carbonyl (C=O) groups excluding carboxylic acids is 2. The minimum absolute atomic E-state index is 0.0190. The predicted octanol–water partition coefficient (Wildman–Crippen LogP) is 2.65. The lowest BCUT2D eigenvalue weighted by molar-refractivity contribution is -0.313. The Morgan fingerprint density at radius 2 is 1.83 bits per heavy atom. The van der Waals surface area contributed by atoms with Crippen LogP contribution in [0.5, 0.6) is 0 Å². The van der Waals surface area contributed by atoms with Crippen LogP contribution in [0.4, 0.5) is 0 Å². The molecule has 2 aliphatic heterocycles. The van der Waals surface area contributed by atoms with Crippen LogP contribution in [0.25, 0.3) is 0 Å². The lowest BCUT2D eigenvalue weighted by atomic mass is 9.43. The van der Waals surface area contributed by atoms with Gasteiger partial charge in [0.1, 0.15) is 31.0 Å². The summed E-state index contributed by atoms with van der Waals surface area (Å²) in [5.41, 5.74) is -0.720. The van der Waals surface area contributed by atoms with Crippen LogP contribution in [-0.4, -0.2) is 89.5 Å². The molecule has 6 rings (SSSR count). The number of rotatable bonds is 5. The fourth-order valence-electron chi connectivity index (χ4n) is 10.4. The van der Waals surface area contributed by atoms with Crippen molar-refractivity contribution in [1.82, 2.24) is 0 Å². The molecular weight excluding hydrogens is 544 g/mol. The molecule has 236 valence electrons. The van der Waals surface area contributed by atoms with Gasteiger partial charge in [0.25, 0.3) is 0 Å². The summed E-state index contributed by atoms with van der Waals surface area (Å²) in [7, 11) is 1.47. The molecule has 0 spiro atoms. The fourth-order valence-corrected chi connectivity index (χ4v) is 10.4. The quantitative estimate of drug-likeness (QED) is 0.322. The van der Waals surface area contributed by atoms with E-state index in [-0.39, 0.29) is 41.9 Å². The van der Waals surface area contributed by atoms with Crippen LogP contribution in [-0.2, 0) is 33.3 Å². The van der Waals surface area contributed by atoms with Crippen molar-refractivity contribution in [1.29, 1.82) is 0 Å². The smallest absolute Gasteiger partial charge is 0.331 e. The van der Waals surface area contributed by atoms with Crippen molar-refractivity contribution >= 4 is 11.9 Å². The number of ether oxygens (including phenoxy) is 5. The highest BCUT2D eigenvalue weighted by Gasteiger charge is 2.71. The molecular formula is C32H48O10. The van der Waals surface area contributed by atoms with Gasteiger partial charge in [-0.3, -0.25) is 4.79 Å². The molecule has 0 aromatic carbocycles. The van der Waals surface area contributed by atoms with Crippen LogP contribution in [0.3, 0.4) is 0 Å². The Morgan fingerprint density at radius 1 is 1.07 bits per heavy atom. The molecule has 0 radical (unpaired) electrons. The van der Waals surface area contributed by atoms with E-state index < -0.39 is 47.8 Å². The fraction of sp³-hybridized carbons (Fsp3) is 0.875. The van der Waals surface area contributed by atoms with Crippen molar-refractivity contribution in [3.63, 3.8) is 0 Å². The van der Waals surface area contributed by atoms with Gasteiger partial charge >= 0.3 is 11.9 Å². The topological polar surface area (TPSA) is 141 Å². The van der Waals surface area contributed by atoms with E-state index in [0.29, 0.717) is 18.3 Å². The molecule has 10 heteroatoms. The zero-order valence-corrected chi connectivity index (χ0v) is 25.5. The first-order valence-corrected chi connectivity index (χ1v) is 15.8. The van der Waals surface area contributed by atoms with E-state index in [1.165, 1.54) is 20.1 Å². The first kappa shape index (κ1) is 30.5. The molecule has 0 aromatic rings. The molecule has 2 heterocycles. The van der Waals surface area contributed by atoms with Crippen molar-refractivity contribution in [3.05, 3.63) is 11.6 Å². The molecule has 0 amide bonds. The zero-order chi connectivity index (χ0) is 30.2. The van der Waals surface area contributed by atoms with Crippen molar-refractivity contribution < 1.29 is 48.6 Å². The third kappa shape index (κ3) is 4.58. The molecule has 5 fully saturated rings. The second-order valence-corrected chi connectivity index (χ2v) is 14.5. The Kier molecular flexibility index (Phi) is 7.84. The Balaban J connectivity index is 1.20. The highest BCUT2D eigenvalue weighted by atomic mass is 16.7. The molecule has 0 aromatic heterocycles. The first-order chi connectivity index (χ1) is 19.8. The van der Waals surface area contributed by atoms with Gasteiger partial charge in [0.15, 0.2) is 6.29 Å². The maximum atomic E-state index is 12.7. The van der Waals surface area contributed by atoms with Crippen molar-refractivity contribution in [2.45, 2.75) is 128 Å². The van der Waals surface area contributed by atoms with Gasteiger partial charge in [-0.15, -0.1) is 0 Å². The number of cyclic esters (lactones) is 1. The van der Waals surface area contributed by atoms with Gasteiger partial charge in [-0.2, -0.15) is 0 Å². The highest BCUT2D eigenvalue weighted by Crippen LogP contribution is 2.70. The Bertz CT molecular complexity index is 1110. The molecule has 3 N–H and O–H groups in total. The number of fused-ring (bicyclic) bond motifs is 5. The lowest BCUT2D eigenvalue weighted by Crippen LogP contribution is -2.62. The molecule has 6 aliphatic rings. The lowest BCUT2D eigenvalue weighted by Gasteiger charge is -2.63. The molecule has 1 unspecified atom stereocenters. The van der Waals surface area contributed by atoms with E-state index >= 15 is 0 Å². The number of esters is 2. The van der Waals surface area contributed by atoms with E-state index in [1.54, 1.807) is 6.92 Å². The summed E-state index contributed by atoms with van der Waals surface area (Å²) in [6, 6.07) is 0. The Labute approximate surface area is 248 Å². The monoisotopic (exact) mass is 592 g/mol. The summed E-state index contributed by atoms with van der Waals surface area (Å²) in [5, 5.41) is 33.8. The normalized spacial score (nSPS) is 52.0. The van der Waals surface area contributed by atoms with Gasteiger partial charge in [0.05, 0.1) is 17.8 Å². The summed E-state index contributed by atoms with van der Waals surface area (Å²) in [6.45, 7) is 7.85. The molecule has 4 saturated carbocycles. The average Bonchev–Trinajstić information content (AvgIpc) is 3.44. The Morgan fingerprint density at radius 3 is 2.50 bits per heavy atom. The van der Waals surface area contributed by atoms with E-state index in [0.717, 1.165) is 50.5 Å². The van der Waals surface area contributed by atoms with E-state index in [9.17, 15) is 24.9 Å². The SMILES string of the molecule is CO[C@H]1[C@@H](O)[C@@H](C)O[C@@H](O[C@H]2CC[C@@]3(C)C(CC[C@@H]4[C@@H]3CC[C@]3(C)[C@@H](C5=CC(=O)OC5)[C@@H](OC(C)=O)C[C@]43O)C2)[C@@H]1O. The number of methoxy groups -OCH3 is 1. The summed E-state index contributed by atoms with van der Waals surface area (Å²) in [6.07, 6.45) is 3.36. The van der Waals surface area contributed by atoms with Crippen LogP contribution in [0, 0.1) is 34.5 Å². The van der Waals surface area contributed by atoms with Crippen LogP contribution >= 0.6 is 0 Å². The summed E-state index contributed by atoms with van der Waals surface area (Å²) in [4.78, 5) is 24.2. The van der Waals surface area contributed by atoms with Crippen LogP contribution in [0.15, 0.2) is 11.6 Å². The number of aliphatic hydroxyl groups is 3. The number of aliphatic hydroxyl groups excluding tert-OH is 2. The minimum atomic E-state index is -1.08. The highest BCUT2D eigenvalue weighted by molar-refractivity contribution is 5.85. The van der Waals surface area contributed by atoms with Gasteiger partial charge in [-0.25, -0.2) is 4.79 Å². The molecule has 10 nitrogen and oxygen atoms in total. The third-order valence-electron chi connectivity index (χ3n) is 12.6. The van der Waals surface area contributed by atoms with Gasteiger partial charge in [0, 0.05) is 37.9 Å². The maximum Gasteiger partial charge on any atom is 0.331 e. The third-order valence-corrected chi connectivity index (χ3v) is 12.6. The number of carbonyl (C=O) groups is 2. The molecule has 42 heavy (non-hydrogen) atoms. The van der Waals surface area contributed by atoms with Crippen molar-refractivity contribution in [2.75, 3.05) is 13.7 Å².